The Labute approximate surface area is 100 Å². The third-order valence-electron chi connectivity index (χ3n) is 2.45. The zero-order chi connectivity index (χ0) is 12.3. The van der Waals surface area contributed by atoms with Crippen molar-refractivity contribution in [2.75, 3.05) is 0 Å². The second-order valence-corrected chi connectivity index (χ2v) is 3.78. The molecule has 0 aliphatic heterocycles. The smallest absolute Gasteiger partial charge is 0.230 e. The standard InChI is InChI=1S/C14H13NO2/c1-10-6-3-4-8-13(10)17-14-12(11(2)16)7-5-9-15-14/h3-9H,1-2H3. The molecule has 1 heterocycles. The Balaban J connectivity index is 2.37. The average molecular weight is 227 g/mol. The van der Waals surface area contributed by atoms with Crippen molar-refractivity contribution in [3.8, 4) is 11.6 Å². The number of benzene rings is 1. The molecule has 2 rings (SSSR count). The first kappa shape index (κ1) is 11.3. The number of hydrogen-bond acceptors (Lipinski definition) is 3. The van der Waals surface area contributed by atoms with E-state index in [2.05, 4.69) is 4.98 Å². The van der Waals surface area contributed by atoms with E-state index in [0.29, 0.717) is 17.2 Å². The predicted molar refractivity (Wildman–Crippen MR) is 65.5 cm³/mol. The molecule has 3 heteroatoms. The van der Waals surface area contributed by atoms with E-state index in [1.54, 1.807) is 18.3 Å². The molecule has 0 radical (unpaired) electrons. The van der Waals surface area contributed by atoms with Crippen molar-refractivity contribution in [1.29, 1.82) is 0 Å². The first-order valence-electron chi connectivity index (χ1n) is 5.38. The molecule has 0 bridgehead atoms. The number of aromatic nitrogens is 1. The van der Waals surface area contributed by atoms with Gasteiger partial charge in [-0.15, -0.1) is 0 Å². The Morgan fingerprint density at radius 1 is 1.18 bits per heavy atom. The third kappa shape index (κ3) is 2.50. The van der Waals surface area contributed by atoms with Crippen LogP contribution < -0.4 is 4.74 Å². The van der Waals surface area contributed by atoms with Crippen LogP contribution in [0.5, 0.6) is 11.6 Å². The first-order valence-corrected chi connectivity index (χ1v) is 5.38. The van der Waals surface area contributed by atoms with Crippen molar-refractivity contribution in [1.82, 2.24) is 4.98 Å². The highest BCUT2D eigenvalue weighted by atomic mass is 16.5. The van der Waals surface area contributed by atoms with Crippen molar-refractivity contribution >= 4 is 5.78 Å². The van der Waals surface area contributed by atoms with Crippen LogP contribution in [0, 0.1) is 6.92 Å². The molecule has 0 saturated heterocycles. The van der Waals surface area contributed by atoms with E-state index in [-0.39, 0.29) is 5.78 Å². The molecule has 0 unspecified atom stereocenters. The summed E-state index contributed by atoms with van der Waals surface area (Å²) in [4.78, 5) is 15.5. The van der Waals surface area contributed by atoms with Gasteiger partial charge in [0.2, 0.25) is 5.88 Å². The van der Waals surface area contributed by atoms with Crippen LogP contribution in [-0.4, -0.2) is 10.8 Å². The van der Waals surface area contributed by atoms with Crippen LogP contribution in [0.25, 0.3) is 0 Å². The summed E-state index contributed by atoms with van der Waals surface area (Å²) in [6.07, 6.45) is 1.61. The van der Waals surface area contributed by atoms with Crippen LogP contribution in [-0.2, 0) is 0 Å². The number of aryl methyl sites for hydroxylation is 1. The van der Waals surface area contributed by atoms with Gasteiger partial charge < -0.3 is 4.74 Å². The summed E-state index contributed by atoms with van der Waals surface area (Å²) < 4.78 is 5.67. The van der Waals surface area contributed by atoms with Gasteiger partial charge in [-0.25, -0.2) is 4.98 Å². The Morgan fingerprint density at radius 2 is 1.94 bits per heavy atom. The molecule has 1 aromatic carbocycles. The van der Waals surface area contributed by atoms with E-state index >= 15 is 0 Å². The highest BCUT2D eigenvalue weighted by Crippen LogP contribution is 2.25. The van der Waals surface area contributed by atoms with Gasteiger partial charge in [0.15, 0.2) is 5.78 Å². The number of rotatable bonds is 3. The zero-order valence-electron chi connectivity index (χ0n) is 9.81. The van der Waals surface area contributed by atoms with E-state index in [1.165, 1.54) is 6.92 Å². The van der Waals surface area contributed by atoms with E-state index in [1.807, 2.05) is 31.2 Å². The molecule has 0 N–H and O–H groups in total. The summed E-state index contributed by atoms with van der Waals surface area (Å²) >= 11 is 0. The average Bonchev–Trinajstić information content (AvgIpc) is 2.32. The van der Waals surface area contributed by atoms with Gasteiger partial charge in [-0.1, -0.05) is 18.2 Å². The third-order valence-corrected chi connectivity index (χ3v) is 2.45. The van der Waals surface area contributed by atoms with E-state index in [0.717, 1.165) is 5.56 Å². The molecule has 0 aliphatic carbocycles. The molecule has 0 spiro atoms. The quantitative estimate of drug-likeness (QED) is 0.754. The number of para-hydroxylation sites is 1. The van der Waals surface area contributed by atoms with Gasteiger partial charge >= 0.3 is 0 Å². The minimum atomic E-state index is -0.0540. The maximum absolute atomic E-state index is 11.4. The molecule has 0 aliphatic rings. The summed E-state index contributed by atoms with van der Waals surface area (Å²) in [5.74, 6) is 1.02. The molecule has 1 aromatic heterocycles. The monoisotopic (exact) mass is 227 g/mol. The minimum absolute atomic E-state index is 0.0540. The van der Waals surface area contributed by atoms with Crippen molar-refractivity contribution < 1.29 is 9.53 Å². The maximum Gasteiger partial charge on any atom is 0.230 e. The fourth-order valence-corrected chi connectivity index (χ4v) is 1.52. The second-order valence-electron chi connectivity index (χ2n) is 3.78. The van der Waals surface area contributed by atoms with Gasteiger partial charge in [0.05, 0.1) is 5.56 Å². The van der Waals surface area contributed by atoms with Crippen LogP contribution in [0.2, 0.25) is 0 Å². The number of pyridine rings is 1. The normalized spacial score (nSPS) is 10.0. The maximum atomic E-state index is 11.4. The molecular formula is C14H13NO2. The van der Waals surface area contributed by atoms with Crippen molar-refractivity contribution in [2.24, 2.45) is 0 Å². The summed E-state index contributed by atoms with van der Waals surface area (Å²) in [5, 5.41) is 0. The van der Waals surface area contributed by atoms with Crippen LogP contribution in [0.1, 0.15) is 22.8 Å². The van der Waals surface area contributed by atoms with E-state index < -0.39 is 0 Å². The van der Waals surface area contributed by atoms with Crippen LogP contribution in [0.3, 0.4) is 0 Å². The molecule has 0 saturated carbocycles. The number of ketones is 1. The fraction of sp³-hybridized carbons (Fsp3) is 0.143. The van der Waals surface area contributed by atoms with Crippen LogP contribution in [0.15, 0.2) is 42.6 Å². The Bertz CT molecular complexity index is 549. The van der Waals surface area contributed by atoms with Crippen molar-refractivity contribution in [3.05, 3.63) is 53.7 Å². The van der Waals surface area contributed by atoms with Crippen LogP contribution in [0.4, 0.5) is 0 Å². The Hall–Kier alpha value is -2.16. The number of carbonyl (C=O) groups excluding carboxylic acids is 1. The zero-order valence-corrected chi connectivity index (χ0v) is 9.81. The fourth-order valence-electron chi connectivity index (χ4n) is 1.52. The molecule has 0 atom stereocenters. The SMILES string of the molecule is CC(=O)c1cccnc1Oc1ccccc1C. The molecule has 0 fully saturated rings. The first-order chi connectivity index (χ1) is 8.18. The van der Waals surface area contributed by atoms with Crippen molar-refractivity contribution in [3.63, 3.8) is 0 Å². The summed E-state index contributed by atoms with van der Waals surface area (Å²) in [6, 6.07) is 11.1. The van der Waals surface area contributed by atoms with Crippen LogP contribution >= 0.6 is 0 Å². The predicted octanol–water partition coefficient (Wildman–Crippen LogP) is 3.38. The molecule has 17 heavy (non-hydrogen) atoms. The lowest BCUT2D eigenvalue weighted by molar-refractivity contribution is 0.101. The summed E-state index contributed by atoms with van der Waals surface area (Å²) in [7, 11) is 0. The van der Waals surface area contributed by atoms with E-state index in [4.69, 9.17) is 4.74 Å². The number of ether oxygens (including phenoxy) is 1. The summed E-state index contributed by atoms with van der Waals surface area (Å²) in [6.45, 7) is 3.45. The summed E-state index contributed by atoms with van der Waals surface area (Å²) in [5.41, 5.74) is 1.50. The molecular weight excluding hydrogens is 214 g/mol. The van der Waals surface area contributed by atoms with Gasteiger partial charge in [0.25, 0.3) is 0 Å². The number of carbonyl (C=O) groups is 1. The number of nitrogens with zero attached hydrogens (tertiary/aromatic N) is 1. The molecule has 3 nitrogen and oxygen atoms in total. The molecule has 2 aromatic rings. The highest BCUT2D eigenvalue weighted by Gasteiger charge is 2.10. The molecule has 86 valence electrons. The second kappa shape index (κ2) is 4.78. The lowest BCUT2D eigenvalue weighted by Gasteiger charge is -2.09. The number of Topliss-reactive ketones (excluding diaryl/α,β-unsaturated/α-hetero) is 1. The van der Waals surface area contributed by atoms with Gasteiger partial charge in [-0.3, -0.25) is 4.79 Å². The molecule has 0 amide bonds. The lowest BCUT2D eigenvalue weighted by Crippen LogP contribution is -1.99. The van der Waals surface area contributed by atoms with Gasteiger partial charge in [0.1, 0.15) is 5.75 Å². The number of hydrogen-bond donors (Lipinski definition) is 0. The van der Waals surface area contributed by atoms with E-state index in [9.17, 15) is 4.79 Å². The Morgan fingerprint density at radius 3 is 2.65 bits per heavy atom. The van der Waals surface area contributed by atoms with Gasteiger partial charge in [-0.2, -0.15) is 0 Å². The lowest BCUT2D eigenvalue weighted by atomic mass is 10.2. The van der Waals surface area contributed by atoms with Gasteiger partial charge in [-0.05, 0) is 37.6 Å². The topological polar surface area (TPSA) is 39.2 Å². The van der Waals surface area contributed by atoms with Crippen molar-refractivity contribution in [2.45, 2.75) is 13.8 Å². The minimum Gasteiger partial charge on any atom is -0.438 e. The highest BCUT2D eigenvalue weighted by molar-refractivity contribution is 5.96. The largest absolute Gasteiger partial charge is 0.438 e. The van der Waals surface area contributed by atoms with Gasteiger partial charge in [0, 0.05) is 6.20 Å². The Kier molecular flexibility index (Phi) is 3.19.